The minimum atomic E-state index is -2.69. The topological polar surface area (TPSA) is 46.5 Å². The van der Waals surface area contributed by atoms with Crippen LogP contribution in [0.5, 0.6) is 0 Å². The molecule has 1 atom stereocenters. The molecule has 0 heterocycles. The zero-order valence-corrected chi connectivity index (χ0v) is 11.8. The summed E-state index contributed by atoms with van der Waals surface area (Å²) in [7, 11) is -2.69. The van der Waals surface area contributed by atoms with E-state index in [4.69, 9.17) is 4.89 Å². The van der Waals surface area contributed by atoms with Crippen LogP contribution in [-0.2, 0) is 26.4 Å². The molecule has 0 aliphatic carbocycles. The Balaban J connectivity index is 0. The van der Waals surface area contributed by atoms with Gasteiger partial charge in [-0.1, -0.05) is 51.9 Å². The fourth-order valence-electron chi connectivity index (χ4n) is 1.40. The Bertz CT molecular complexity index is 145. The molecule has 0 aliphatic rings. The van der Waals surface area contributed by atoms with E-state index in [1.54, 1.807) is 0 Å². The fourth-order valence-corrected chi connectivity index (χ4v) is 1.71. The van der Waals surface area contributed by atoms with Crippen molar-refractivity contribution >= 4 is 8.25 Å². The maximum absolute atomic E-state index is 10.2. The van der Waals surface area contributed by atoms with Gasteiger partial charge in [-0.15, -0.1) is 0 Å². The summed E-state index contributed by atoms with van der Waals surface area (Å²) in [5.74, 6) is 0. The van der Waals surface area contributed by atoms with Gasteiger partial charge in [0.15, 0.2) is 0 Å². The van der Waals surface area contributed by atoms with Crippen LogP contribution in [0.1, 0.15) is 58.3 Å². The largest absolute Gasteiger partial charge is 0.326 e. The van der Waals surface area contributed by atoms with Gasteiger partial charge >= 0.3 is 8.25 Å². The molecule has 5 heteroatoms. The zero-order valence-electron chi connectivity index (χ0n) is 9.54. The number of rotatable bonds is 10. The predicted molar refractivity (Wildman–Crippen MR) is 59.8 cm³/mol. The molecule has 0 aromatic rings. The summed E-state index contributed by atoms with van der Waals surface area (Å²) in [6.07, 6.45) is 9.83. The molecule has 15 heavy (non-hydrogen) atoms. The van der Waals surface area contributed by atoms with E-state index in [1.165, 1.54) is 38.5 Å². The number of hydrogen-bond acceptors (Lipinski definition) is 2. The van der Waals surface area contributed by atoms with E-state index in [0.717, 1.165) is 12.8 Å². The maximum Gasteiger partial charge on any atom is 0.316 e. The first kappa shape index (κ1) is 18.1. The summed E-state index contributed by atoms with van der Waals surface area (Å²) in [5.41, 5.74) is 0. The smallest absolute Gasteiger partial charge is 0.316 e. The van der Waals surface area contributed by atoms with Crippen LogP contribution >= 0.6 is 8.25 Å². The van der Waals surface area contributed by atoms with Crippen molar-refractivity contribution < 1.29 is 31.3 Å². The average Bonchev–Trinajstić information content (AvgIpc) is 2.15. The maximum atomic E-state index is 10.2. The normalized spacial score (nSPS) is 12.1. The molecule has 1 unspecified atom stereocenters. The van der Waals surface area contributed by atoms with Crippen molar-refractivity contribution in [1.29, 1.82) is 0 Å². The fraction of sp³-hybridized carbons (Fsp3) is 1.00. The monoisotopic (exact) mass is 274 g/mol. The molecule has 92 valence electrons. The van der Waals surface area contributed by atoms with Gasteiger partial charge < -0.3 is 9.42 Å². The van der Waals surface area contributed by atoms with Gasteiger partial charge in [-0.05, 0) is 6.42 Å². The van der Waals surface area contributed by atoms with Crippen molar-refractivity contribution in [3.63, 3.8) is 0 Å². The van der Waals surface area contributed by atoms with Crippen molar-refractivity contribution in [3.8, 4) is 0 Å². The van der Waals surface area contributed by atoms with Crippen molar-refractivity contribution in [2.45, 2.75) is 58.3 Å². The number of hydrogen-bond donors (Lipinski definition) is 1. The third-order valence-corrected chi connectivity index (χ3v) is 2.67. The van der Waals surface area contributed by atoms with Crippen LogP contribution in [-0.4, -0.2) is 11.5 Å². The second-order valence-electron chi connectivity index (χ2n) is 3.59. The van der Waals surface area contributed by atoms with Gasteiger partial charge in [0.25, 0.3) is 0 Å². The van der Waals surface area contributed by atoms with Crippen LogP contribution in [0.4, 0.5) is 0 Å². The summed E-state index contributed by atoms with van der Waals surface area (Å²) in [4.78, 5) is 8.38. The SMILES string of the molecule is CCCCCCCCCCO[PH](=O)O.[Cr]. The molecular weight excluding hydrogens is 251 g/mol. The standard InChI is InChI=1S/C10H23O3P.Cr/c1-2-3-4-5-6-7-8-9-10-13-14(11)12;/h14H,2-10H2,1H3,(H,11,12);. The van der Waals surface area contributed by atoms with E-state index in [9.17, 15) is 4.57 Å². The minimum Gasteiger partial charge on any atom is -0.326 e. The van der Waals surface area contributed by atoms with Crippen molar-refractivity contribution in [3.05, 3.63) is 0 Å². The Kier molecular flexibility index (Phi) is 17.7. The molecule has 0 radical (unpaired) electrons. The Labute approximate surface area is 105 Å². The minimum absolute atomic E-state index is 0. The molecule has 3 nitrogen and oxygen atoms in total. The van der Waals surface area contributed by atoms with Gasteiger partial charge in [-0.3, -0.25) is 4.57 Å². The van der Waals surface area contributed by atoms with E-state index < -0.39 is 8.25 Å². The molecule has 1 N–H and O–H groups in total. The Morgan fingerprint density at radius 2 is 1.47 bits per heavy atom. The molecule has 0 saturated carbocycles. The molecular formula is C10H23CrO3P. The molecule has 0 fully saturated rings. The van der Waals surface area contributed by atoms with Crippen LogP contribution in [0.15, 0.2) is 0 Å². The molecule has 0 aromatic carbocycles. The Morgan fingerprint density at radius 1 is 1.00 bits per heavy atom. The summed E-state index contributed by atoms with van der Waals surface area (Å²) in [6, 6.07) is 0. The first-order chi connectivity index (χ1) is 6.77. The molecule has 0 aromatic heterocycles. The molecule has 0 amide bonds. The molecule has 0 bridgehead atoms. The van der Waals surface area contributed by atoms with E-state index in [0.29, 0.717) is 6.61 Å². The second kappa shape index (κ2) is 14.7. The van der Waals surface area contributed by atoms with Crippen molar-refractivity contribution in [1.82, 2.24) is 0 Å². The van der Waals surface area contributed by atoms with E-state index in [-0.39, 0.29) is 17.4 Å². The summed E-state index contributed by atoms with van der Waals surface area (Å²) < 4.78 is 14.8. The van der Waals surface area contributed by atoms with Gasteiger partial charge in [0, 0.05) is 17.4 Å². The number of unbranched alkanes of at least 4 members (excludes halogenated alkanes) is 7. The van der Waals surface area contributed by atoms with Crippen molar-refractivity contribution in [2.24, 2.45) is 0 Å². The average molecular weight is 274 g/mol. The van der Waals surface area contributed by atoms with Gasteiger partial charge in [-0.2, -0.15) is 0 Å². The summed E-state index contributed by atoms with van der Waals surface area (Å²) >= 11 is 0. The van der Waals surface area contributed by atoms with E-state index >= 15 is 0 Å². The van der Waals surface area contributed by atoms with Gasteiger partial charge in [0.2, 0.25) is 0 Å². The van der Waals surface area contributed by atoms with Crippen LogP contribution in [0.25, 0.3) is 0 Å². The quantitative estimate of drug-likeness (QED) is 0.489. The Hall–Kier alpha value is 0.682. The molecule has 0 spiro atoms. The molecule has 0 aliphatic heterocycles. The first-order valence-corrected chi connectivity index (χ1v) is 6.89. The van der Waals surface area contributed by atoms with Crippen molar-refractivity contribution in [2.75, 3.05) is 6.61 Å². The van der Waals surface area contributed by atoms with E-state index in [2.05, 4.69) is 11.4 Å². The molecule has 0 saturated heterocycles. The zero-order chi connectivity index (χ0) is 10.6. The third-order valence-electron chi connectivity index (χ3n) is 2.22. The van der Waals surface area contributed by atoms with Crippen LogP contribution in [0.2, 0.25) is 0 Å². The van der Waals surface area contributed by atoms with Gasteiger partial charge in [0.1, 0.15) is 0 Å². The summed E-state index contributed by atoms with van der Waals surface area (Å²) in [5, 5.41) is 0. The second-order valence-corrected chi connectivity index (χ2v) is 4.41. The predicted octanol–water partition coefficient (Wildman–Crippen LogP) is 3.52. The third kappa shape index (κ3) is 17.3. The van der Waals surface area contributed by atoms with Crippen LogP contribution in [0, 0.1) is 0 Å². The van der Waals surface area contributed by atoms with Gasteiger partial charge in [0.05, 0.1) is 6.61 Å². The van der Waals surface area contributed by atoms with Gasteiger partial charge in [-0.25, -0.2) is 0 Å². The first-order valence-electron chi connectivity index (χ1n) is 5.63. The molecule has 0 rings (SSSR count). The van der Waals surface area contributed by atoms with Crippen LogP contribution in [0.3, 0.4) is 0 Å². The van der Waals surface area contributed by atoms with Crippen LogP contribution < -0.4 is 0 Å². The summed E-state index contributed by atoms with van der Waals surface area (Å²) in [6.45, 7) is 2.65. The Morgan fingerprint density at radius 3 is 1.93 bits per heavy atom. The van der Waals surface area contributed by atoms with E-state index in [1.807, 2.05) is 0 Å².